The van der Waals surface area contributed by atoms with Crippen LogP contribution in [0.15, 0.2) is 48.7 Å². The van der Waals surface area contributed by atoms with Crippen LogP contribution in [0.5, 0.6) is 0 Å². The molecule has 3 aromatic rings. The normalized spacial score (nSPS) is 13.0. The monoisotopic (exact) mass is 345 g/mol. The van der Waals surface area contributed by atoms with Crippen LogP contribution in [-0.2, 0) is 0 Å². The summed E-state index contributed by atoms with van der Waals surface area (Å²) in [7, 11) is 0. The quantitative estimate of drug-likeness (QED) is 0.778. The van der Waals surface area contributed by atoms with Gasteiger partial charge in [-0.2, -0.15) is 23.4 Å². The molecular weight excluding hydrogens is 331 g/mol. The van der Waals surface area contributed by atoms with Gasteiger partial charge in [-0.1, -0.05) is 30.3 Å². The van der Waals surface area contributed by atoms with E-state index in [1.54, 1.807) is 42.5 Å². The van der Waals surface area contributed by atoms with Crippen LogP contribution in [-0.4, -0.2) is 22.3 Å². The number of benzene rings is 2. The van der Waals surface area contributed by atoms with Gasteiger partial charge in [0.25, 0.3) is 0 Å². The van der Waals surface area contributed by atoms with Gasteiger partial charge in [-0.15, -0.1) is 0 Å². The molecule has 3 rings (SSSR count). The molecule has 0 aliphatic heterocycles. The predicted octanol–water partition coefficient (Wildman–Crippen LogP) is 4.06. The van der Waals surface area contributed by atoms with Crippen LogP contribution in [0, 0.1) is 0 Å². The zero-order valence-corrected chi connectivity index (χ0v) is 13.2. The third-order valence-electron chi connectivity index (χ3n) is 4.09. The number of primary amides is 1. The van der Waals surface area contributed by atoms with E-state index in [2.05, 4.69) is 10.2 Å². The van der Waals surface area contributed by atoms with E-state index in [9.17, 15) is 18.0 Å². The summed E-state index contributed by atoms with van der Waals surface area (Å²) in [6.45, 7) is 1.06. The Morgan fingerprint density at radius 3 is 2.56 bits per heavy atom. The van der Waals surface area contributed by atoms with Gasteiger partial charge in [0, 0.05) is 16.3 Å². The molecule has 1 aromatic heterocycles. The van der Waals surface area contributed by atoms with E-state index in [4.69, 9.17) is 5.73 Å². The van der Waals surface area contributed by atoms with E-state index in [-0.39, 0.29) is 5.69 Å². The molecule has 2 aromatic carbocycles. The standard InChI is InChI=1S/C18H14F3N3O/c1-10(18(19,20)21)16-14-7-6-11(8-12(14)9-23-24-16)13-4-2-3-5-15(13)17(22)25/h2-10H,1H3,(H2,22,25)/t10-/m0/s1. The second-order valence-electron chi connectivity index (χ2n) is 5.70. The molecule has 0 saturated heterocycles. The van der Waals surface area contributed by atoms with Crippen molar-refractivity contribution in [3.05, 3.63) is 59.9 Å². The Morgan fingerprint density at radius 2 is 1.88 bits per heavy atom. The molecule has 0 spiro atoms. The zero-order chi connectivity index (χ0) is 18.2. The van der Waals surface area contributed by atoms with Gasteiger partial charge in [-0.3, -0.25) is 4.79 Å². The van der Waals surface area contributed by atoms with E-state index >= 15 is 0 Å². The van der Waals surface area contributed by atoms with Crippen LogP contribution in [0.25, 0.3) is 21.9 Å². The Bertz CT molecular complexity index is 954. The minimum absolute atomic E-state index is 0.125. The number of carbonyl (C=O) groups is 1. The SMILES string of the molecule is C[C@@H](c1nncc2cc(-c3ccccc3C(N)=O)ccc12)C(F)(F)F. The van der Waals surface area contributed by atoms with E-state index in [1.165, 1.54) is 6.20 Å². The molecule has 1 heterocycles. The predicted molar refractivity (Wildman–Crippen MR) is 88.0 cm³/mol. The second kappa shape index (κ2) is 6.16. The van der Waals surface area contributed by atoms with Crippen molar-refractivity contribution in [2.75, 3.05) is 0 Å². The Labute approximate surface area is 141 Å². The highest BCUT2D eigenvalue weighted by Gasteiger charge is 2.39. The largest absolute Gasteiger partial charge is 0.397 e. The van der Waals surface area contributed by atoms with Crippen molar-refractivity contribution in [3.63, 3.8) is 0 Å². The Balaban J connectivity index is 2.16. The first kappa shape index (κ1) is 16.9. The maximum atomic E-state index is 13.0. The average molecular weight is 345 g/mol. The lowest BCUT2D eigenvalue weighted by molar-refractivity contribution is -0.146. The van der Waals surface area contributed by atoms with Crippen molar-refractivity contribution in [2.45, 2.75) is 19.0 Å². The molecule has 0 fully saturated rings. The average Bonchev–Trinajstić information content (AvgIpc) is 2.59. The lowest BCUT2D eigenvalue weighted by Gasteiger charge is -2.16. The van der Waals surface area contributed by atoms with Crippen molar-refractivity contribution < 1.29 is 18.0 Å². The van der Waals surface area contributed by atoms with Gasteiger partial charge in [0.15, 0.2) is 0 Å². The lowest BCUT2D eigenvalue weighted by Crippen LogP contribution is -2.19. The van der Waals surface area contributed by atoms with E-state index in [1.807, 2.05) is 0 Å². The van der Waals surface area contributed by atoms with Crippen molar-refractivity contribution in [3.8, 4) is 11.1 Å². The van der Waals surface area contributed by atoms with Crippen LogP contribution < -0.4 is 5.73 Å². The smallest absolute Gasteiger partial charge is 0.366 e. The first-order valence-corrected chi connectivity index (χ1v) is 7.50. The third kappa shape index (κ3) is 3.17. The molecule has 0 aliphatic carbocycles. The summed E-state index contributed by atoms with van der Waals surface area (Å²) in [6, 6.07) is 11.7. The molecular formula is C18H14F3N3O. The fraction of sp³-hybridized carbons (Fsp3) is 0.167. The molecule has 0 saturated carbocycles. The molecule has 1 atom stereocenters. The fourth-order valence-electron chi connectivity index (χ4n) is 2.70. The van der Waals surface area contributed by atoms with Gasteiger partial charge in [0.2, 0.25) is 5.91 Å². The summed E-state index contributed by atoms with van der Waals surface area (Å²) in [5, 5.41) is 8.26. The summed E-state index contributed by atoms with van der Waals surface area (Å²) < 4.78 is 39.1. The van der Waals surface area contributed by atoms with Crippen LogP contribution in [0.2, 0.25) is 0 Å². The van der Waals surface area contributed by atoms with Gasteiger partial charge in [0.1, 0.15) is 0 Å². The molecule has 25 heavy (non-hydrogen) atoms. The van der Waals surface area contributed by atoms with Crippen LogP contribution in [0.1, 0.15) is 28.9 Å². The lowest BCUT2D eigenvalue weighted by atomic mass is 9.95. The Kier molecular flexibility index (Phi) is 4.16. The number of rotatable bonds is 3. The highest BCUT2D eigenvalue weighted by atomic mass is 19.4. The van der Waals surface area contributed by atoms with Gasteiger partial charge < -0.3 is 5.73 Å². The molecule has 0 bridgehead atoms. The molecule has 2 N–H and O–H groups in total. The highest BCUT2D eigenvalue weighted by Crippen LogP contribution is 2.37. The topological polar surface area (TPSA) is 68.9 Å². The minimum Gasteiger partial charge on any atom is -0.366 e. The highest BCUT2D eigenvalue weighted by molar-refractivity contribution is 6.01. The Morgan fingerprint density at radius 1 is 1.16 bits per heavy atom. The maximum absolute atomic E-state index is 13.0. The van der Waals surface area contributed by atoms with Gasteiger partial charge in [-0.25, -0.2) is 0 Å². The first-order chi connectivity index (χ1) is 11.8. The van der Waals surface area contributed by atoms with Crippen LogP contribution in [0.4, 0.5) is 13.2 Å². The summed E-state index contributed by atoms with van der Waals surface area (Å²) in [4.78, 5) is 11.6. The molecule has 0 radical (unpaired) electrons. The zero-order valence-electron chi connectivity index (χ0n) is 13.2. The van der Waals surface area contributed by atoms with Gasteiger partial charge >= 0.3 is 6.18 Å². The molecule has 128 valence electrons. The number of alkyl halides is 3. The third-order valence-corrected chi connectivity index (χ3v) is 4.09. The molecule has 0 unspecified atom stereocenters. The molecule has 4 nitrogen and oxygen atoms in total. The van der Waals surface area contributed by atoms with E-state index in [0.29, 0.717) is 27.5 Å². The van der Waals surface area contributed by atoms with E-state index < -0.39 is 18.0 Å². The van der Waals surface area contributed by atoms with Crippen molar-refractivity contribution in [2.24, 2.45) is 5.73 Å². The number of hydrogen-bond donors (Lipinski definition) is 1. The molecule has 1 amide bonds. The summed E-state index contributed by atoms with van der Waals surface area (Å²) in [6.07, 6.45) is -3.00. The van der Waals surface area contributed by atoms with Crippen LogP contribution in [0.3, 0.4) is 0 Å². The van der Waals surface area contributed by atoms with E-state index in [0.717, 1.165) is 6.92 Å². The number of hydrogen-bond acceptors (Lipinski definition) is 3. The van der Waals surface area contributed by atoms with Gasteiger partial charge in [0.05, 0.1) is 17.8 Å². The minimum atomic E-state index is -4.40. The fourth-order valence-corrected chi connectivity index (χ4v) is 2.70. The Hall–Kier alpha value is -2.96. The molecule has 0 aliphatic rings. The van der Waals surface area contributed by atoms with Crippen LogP contribution >= 0.6 is 0 Å². The number of nitrogens with two attached hydrogens (primary N) is 1. The number of carbonyl (C=O) groups excluding carboxylic acids is 1. The number of aromatic nitrogens is 2. The molecule has 7 heteroatoms. The van der Waals surface area contributed by atoms with Crippen molar-refractivity contribution >= 4 is 16.7 Å². The number of amides is 1. The summed E-state index contributed by atoms with van der Waals surface area (Å²) >= 11 is 0. The number of halogens is 3. The van der Waals surface area contributed by atoms with Crippen molar-refractivity contribution in [1.82, 2.24) is 10.2 Å². The van der Waals surface area contributed by atoms with Gasteiger partial charge in [-0.05, 0) is 30.2 Å². The first-order valence-electron chi connectivity index (χ1n) is 7.50. The number of fused-ring (bicyclic) bond motifs is 1. The number of nitrogens with zero attached hydrogens (tertiary/aromatic N) is 2. The summed E-state index contributed by atoms with van der Waals surface area (Å²) in [5.41, 5.74) is 6.88. The summed E-state index contributed by atoms with van der Waals surface area (Å²) in [5.74, 6) is -2.30. The maximum Gasteiger partial charge on any atom is 0.397 e. The second-order valence-corrected chi connectivity index (χ2v) is 5.70. The van der Waals surface area contributed by atoms with Crippen molar-refractivity contribution in [1.29, 1.82) is 0 Å².